The van der Waals surface area contributed by atoms with Gasteiger partial charge in [0.2, 0.25) is 0 Å². The number of rotatable bonds is 4. The first-order valence-corrected chi connectivity index (χ1v) is 9.64. The van der Waals surface area contributed by atoms with Crippen LogP contribution in [0.1, 0.15) is 12.8 Å². The number of carbonyl (C=O) groups is 1. The third kappa shape index (κ3) is 5.17. The van der Waals surface area contributed by atoms with Crippen molar-refractivity contribution in [2.45, 2.75) is 12.8 Å². The van der Waals surface area contributed by atoms with Gasteiger partial charge in [0, 0.05) is 35.4 Å². The smallest absolute Gasteiger partial charge is 0.411 e. The Hall–Kier alpha value is -1.63. The first kappa shape index (κ1) is 18.2. The average Bonchev–Trinajstić information content (AvgIpc) is 3.01. The molecule has 1 N–H and O–H groups in total. The van der Waals surface area contributed by atoms with E-state index in [1.165, 1.54) is 11.3 Å². The number of thiazole rings is 1. The molecule has 2 heterocycles. The molecule has 1 saturated heterocycles. The number of nitrogens with one attached hydrogen (secondary N) is 1. The largest absolute Gasteiger partial charge is 0.449 e. The number of halogens is 1. The van der Waals surface area contributed by atoms with Crippen molar-refractivity contribution in [3.05, 3.63) is 34.8 Å². The first-order valence-electron chi connectivity index (χ1n) is 8.38. The molecule has 1 amide bonds. The van der Waals surface area contributed by atoms with Crippen molar-refractivity contribution in [1.82, 2.24) is 4.98 Å². The fraction of sp³-hybridized carbons (Fsp3) is 0.444. The Morgan fingerprint density at radius 3 is 2.84 bits per heavy atom. The summed E-state index contributed by atoms with van der Waals surface area (Å²) >= 11 is 7.35. The number of carbonyl (C=O) groups excluding carboxylic acids is 1. The number of benzene rings is 1. The highest BCUT2D eigenvalue weighted by Gasteiger charge is 2.26. The van der Waals surface area contributed by atoms with E-state index in [0.717, 1.165) is 41.0 Å². The topological polar surface area (TPSA) is 51.2 Å². The molecule has 0 aliphatic carbocycles. The molecule has 1 aromatic carbocycles. The Labute approximate surface area is 157 Å². The lowest BCUT2D eigenvalue weighted by atomic mass is 9.97. The maximum absolute atomic E-state index is 12.1. The molecule has 1 aromatic heterocycles. The molecular weight excluding hydrogens is 358 g/mol. The van der Waals surface area contributed by atoms with Gasteiger partial charge < -0.3 is 9.22 Å². The molecule has 25 heavy (non-hydrogen) atoms. The molecule has 0 unspecified atom stereocenters. The molecule has 3 rings (SSSR count). The van der Waals surface area contributed by atoms with Crippen LogP contribution in [0.25, 0.3) is 10.6 Å². The fourth-order valence-electron chi connectivity index (χ4n) is 2.95. The summed E-state index contributed by atoms with van der Waals surface area (Å²) in [5.74, 6) is 0.459. The minimum absolute atomic E-state index is 0.409. The van der Waals surface area contributed by atoms with E-state index in [1.54, 1.807) is 5.38 Å². The lowest BCUT2D eigenvalue weighted by Crippen LogP contribution is -2.46. The second kappa shape index (κ2) is 7.72. The van der Waals surface area contributed by atoms with Crippen molar-refractivity contribution in [2.75, 3.05) is 39.1 Å². The number of likely N-dealkylation sites (tertiary alicyclic amines) is 1. The molecule has 1 fully saturated rings. The Morgan fingerprint density at radius 2 is 2.16 bits per heavy atom. The van der Waals surface area contributed by atoms with Crippen molar-refractivity contribution in [3.63, 3.8) is 0 Å². The van der Waals surface area contributed by atoms with Crippen LogP contribution in [0.2, 0.25) is 5.15 Å². The molecule has 5 nitrogen and oxygen atoms in total. The van der Waals surface area contributed by atoms with Gasteiger partial charge in [-0.1, -0.05) is 23.7 Å². The summed E-state index contributed by atoms with van der Waals surface area (Å²) in [5.41, 5.74) is 1.61. The zero-order chi connectivity index (χ0) is 17.9. The molecule has 2 aromatic rings. The van der Waals surface area contributed by atoms with E-state index >= 15 is 0 Å². The number of nitrogens with zero attached hydrogens (tertiary/aromatic N) is 2. The Morgan fingerprint density at radius 1 is 1.40 bits per heavy atom. The average molecular weight is 381 g/mol. The molecule has 0 atom stereocenters. The van der Waals surface area contributed by atoms with Gasteiger partial charge in [0.1, 0.15) is 10.2 Å². The fourth-order valence-corrected chi connectivity index (χ4v) is 3.90. The van der Waals surface area contributed by atoms with Crippen LogP contribution in [0.3, 0.4) is 0 Å². The minimum atomic E-state index is -0.409. The van der Waals surface area contributed by atoms with Gasteiger partial charge in [-0.15, -0.1) is 11.3 Å². The van der Waals surface area contributed by atoms with E-state index in [9.17, 15) is 4.79 Å². The molecule has 7 heteroatoms. The van der Waals surface area contributed by atoms with Gasteiger partial charge in [-0.2, -0.15) is 0 Å². The normalized spacial score (nSPS) is 17.2. The van der Waals surface area contributed by atoms with Crippen molar-refractivity contribution in [1.29, 1.82) is 0 Å². The highest BCUT2D eigenvalue weighted by molar-refractivity contribution is 7.13. The minimum Gasteiger partial charge on any atom is -0.449 e. The highest BCUT2D eigenvalue weighted by atomic mass is 35.5. The van der Waals surface area contributed by atoms with Gasteiger partial charge in [0.05, 0.1) is 33.8 Å². The zero-order valence-electron chi connectivity index (χ0n) is 14.5. The number of ether oxygens (including phenoxy) is 1. The Balaban J connectivity index is 1.51. The third-order valence-corrected chi connectivity index (χ3v) is 5.78. The number of piperidine rings is 1. The predicted octanol–water partition coefficient (Wildman–Crippen LogP) is 4.50. The predicted molar refractivity (Wildman–Crippen MR) is 102 cm³/mol. The van der Waals surface area contributed by atoms with Crippen molar-refractivity contribution < 1.29 is 14.0 Å². The quantitative estimate of drug-likeness (QED) is 0.794. The zero-order valence-corrected chi connectivity index (χ0v) is 16.1. The molecule has 0 spiro atoms. The first-order chi connectivity index (χ1) is 11.9. The summed E-state index contributed by atoms with van der Waals surface area (Å²) in [6.45, 7) is 2.75. The van der Waals surface area contributed by atoms with Crippen LogP contribution in [0.5, 0.6) is 0 Å². The van der Waals surface area contributed by atoms with Crippen LogP contribution in [-0.4, -0.2) is 49.4 Å². The number of anilines is 1. The van der Waals surface area contributed by atoms with Crippen LogP contribution in [0, 0.1) is 5.92 Å². The van der Waals surface area contributed by atoms with E-state index in [0.29, 0.717) is 23.4 Å². The summed E-state index contributed by atoms with van der Waals surface area (Å²) in [6, 6.07) is 7.52. The number of aromatic nitrogens is 1. The summed E-state index contributed by atoms with van der Waals surface area (Å²) in [7, 11) is 4.48. The van der Waals surface area contributed by atoms with Crippen LogP contribution in [0.15, 0.2) is 29.6 Å². The maximum atomic E-state index is 12.1. The van der Waals surface area contributed by atoms with Gasteiger partial charge in [-0.05, 0) is 12.1 Å². The monoisotopic (exact) mass is 380 g/mol. The van der Waals surface area contributed by atoms with E-state index < -0.39 is 6.09 Å². The SMILES string of the molecule is C[N+]1(C)CCC(COC(=O)Nc2cccc(-c3nc(Cl)cs3)c2)CC1. The summed E-state index contributed by atoms with van der Waals surface area (Å²) in [5, 5.41) is 5.88. The molecule has 0 radical (unpaired) electrons. The summed E-state index contributed by atoms with van der Waals surface area (Å²) in [6.07, 6.45) is 1.79. The number of hydrogen-bond acceptors (Lipinski definition) is 4. The van der Waals surface area contributed by atoms with Crippen LogP contribution in [0.4, 0.5) is 10.5 Å². The Kier molecular flexibility index (Phi) is 5.61. The number of quaternary nitrogens is 1. The van der Waals surface area contributed by atoms with Gasteiger partial charge >= 0.3 is 6.09 Å². The molecule has 1 aliphatic heterocycles. The second-order valence-electron chi connectivity index (χ2n) is 7.11. The number of hydrogen-bond donors (Lipinski definition) is 1. The van der Waals surface area contributed by atoms with E-state index in [2.05, 4.69) is 24.4 Å². The van der Waals surface area contributed by atoms with E-state index in [1.807, 2.05) is 24.3 Å². The van der Waals surface area contributed by atoms with Gasteiger partial charge in [0.25, 0.3) is 0 Å². The standard InChI is InChI=1S/C18H22ClN3O2S/c1-22(2)8-6-13(7-9-22)11-24-18(23)20-15-5-3-4-14(10-15)17-21-16(19)12-25-17/h3-5,10,12-13H,6-9,11H2,1-2H3/p+1. The van der Waals surface area contributed by atoms with Crippen molar-refractivity contribution >= 4 is 34.7 Å². The summed E-state index contributed by atoms with van der Waals surface area (Å²) in [4.78, 5) is 16.3. The van der Waals surface area contributed by atoms with Crippen LogP contribution in [-0.2, 0) is 4.74 Å². The molecule has 134 valence electrons. The van der Waals surface area contributed by atoms with Gasteiger partial charge in [-0.25, -0.2) is 9.78 Å². The van der Waals surface area contributed by atoms with E-state index in [-0.39, 0.29) is 0 Å². The van der Waals surface area contributed by atoms with E-state index in [4.69, 9.17) is 16.3 Å². The summed E-state index contributed by atoms with van der Waals surface area (Å²) < 4.78 is 6.46. The Bertz CT molecular complexity index is 737. The number of amides is 1. The molecular formula is C18H23ClN3O2S+. The maximum Gasteiger partial charge on any atom is 0.411 e. The van der Waals surface area contributed by atoms with Crippen LogP contribution < -0.4 is 5.32 Å². The van der Waals surface area contributed by atoms with Crippen molar-refractivity contribution in [2.24, 2.45) is 5.92 Å². The molecule has 1 aliphatic rings. The van der Waals surface area contributed by atoms with Crippen molar-refractivity contribution in [3.8, 4) is 10.6 Å². The second-order valence-corrected chi connectivity index (χ2v) is 8.35. The molecule has 0 bridgehead atoms. The van der Waals surface area contributed by atoms with Gasteiger partial charge in [-0.3, -0.25) is 5.32 Å². The van der Waals surface area contributed by atoms with Gasteiger partial charge in [0.15, 0.2) is 0 Å². The van der Waals surface area contributed by atoms with Crippen LogP contribution >= 0.6 is 22.9 Å². The highest BCUT2D eigenvalue weighted by Crippen LogP contribution is 2.27. The molecule has 0 saturated carbocycles. The lowest BCUT2D eigenvalue weighted by molar-refractivity contribution is -0.896. The third-order valence-electron chi connectivity index (χ3n) is 4.57. The lowest BCUT2D eigenvalue weighted by Gasteiger charge is -2.36.